The van der Waals surface area contributed by atoms with E-state index < -0.39 is 6.10 Å². The van der Waals surface area contributed by atoms with Gasteiger partial charge in [0.1, 0.15) is 6.61 Å². The van der Waals surface area contributed by atoms with E-state index in [0.717, 1.165) is 70.6 Å². The molecule has 0 N–H and O–H groups in total. The van der Waals surface area contributed by atoms with Crippen LogP contribution in [0.4, 0.5) is 0 Å². The summed E-state index contributed by atoms with van der Waals surface area (Å²) in [6.07, 6.45) is 57.6. The van der Waals surface area contributed by atoms with Crippen LogP contribution in [-0.2, 0) is 23.8 Å². The minimum Gasteiger partial charge on any atom is -0.462 e. The van der Waals surface area contributed by atoms with Gasteiger partial charge in [-0.25, -0.2) is 0 Å². The lowest BCUT2D eigenvalue weighted by atomic mass is 10.1. The Balaban J connectivity index is 4.27. The van der Waals surface area contributed by atoms with Gasteiger partial charge >= 0.3 is 11.9 Å². The number of unbranched alkanes of at least 4 members (excludes halogenated alkanes) is 15. The molecule has 0 aromatic carbocycles. The highest BCUT2D eigenvalue weighted by molar-refractivity contribution is 5.71. The molecule has 0 aromatic rings. The van der Waals surface area contributed by atoms with E-state index in [1.54, 1.807) is 0 Å². The molecule has 54 heavy (non-hydrogen) atoms. The lowest BCUT2D eigenvalue weighted by Gasteiger charge is -2.18. The molecule has 1 atom stereocenters. The fraction of sp³-hybridized carbons (Fsp3) is 0.673. The van der Waals surface area contributed by atoms with E-state index >= 15 is 0 Å². The first-order chi connectivity index (χ1) is 26.6. The average molecular weight is 751 g/mol. The molecule has 0 saturated heterocycles. The third-order valence-corrected chi connectivity index (χ3v) is 8.95. The van der Waals surface area contributed by atoms with Gasteiger partial charge in [-0.05, 0) is 77.0 Å². The van der Waals surface area contributed by atoms with Gasteiger partial charge in [-0.3, -0.25) is 9.59 Å². The van der Waals surface area contributed by atoms with Crippen LogP contribution in [-0.4, -0.2) is 37.9 Å². The summed E-state index contributed by atoms with van der Waals surface area (Å²) in [5.74, 6) is -0.561. The molecular formula is C49H82O5. The van der Waals surface area contributed by atoms with Crippen LogP contribution >= 0.6 is 0 Å². The highest BCUT2D eigenvalue weighted by Gasteiger charge is 2.17. The normalized spacial score (nSPS) is 13.0. The van der Waals surface area contributed by atoms with E-state index in [2.05, 4.69) is 93.7 Å². The van der Waals surface area contributed by atoms with Crippen molar-refractivity contribution in [3.05, 3.63) is 85.1 Å². The highest BCUT2D eigenvalue weighted by Crippen LogP contribution is 2.12. The maximum atomic E-state index is 12.6. The monoisotopic (exact) mass is 751 g/mol. The second kappa shape index (κ2) is 44.5. The lowest BCUT2D eigenvalue weighted by Crippen LogP contribution is -2.29. The maximum absolute atomic E-state index is 12.6. The van der Waals surface area contributed by atoms with Crippen LogP contribution in [0, 0.1) is 0 Å². The van der Waals surface area contributed by atoms with Crippen LogP contribution in [0.25, 0.3) is 0 Å². The Labute approximate surface area is 333 Å². The predicted octanol–water partition coefficient (Wildman–Crippen LogP) is 14.6. The molecule has 0 radical (unpaired) electrons. The second-order valence-electron chi connectivity index (χ2n) is 14.2. The van der Waals surface area contributed by atoms with Gasteiger partial charge < -0.3 is 14.2 Å². The lowest BCUT2D eigenvalue weighted by molar-refractivity contribution is -0.162. The molecule has 0 amide bonds. The van der Waals surface area contributed by atoms with Gasteiger partial charge in [0.2, 0.25) is 0 Å². The van der Waals surface area contributed by atoms with E-state index in [1.165, 1.54) is 83.5 Å². The fourth-order valence-electron chi connectivity index (χ4n) is 5.67. The van der Waals surface area contributed by atoms with Crippen molar-refractivity contribution >= 4 is 11.9 Å². The summed E-state index contributed by atoms with van der Waals surface area (Å²) in [7, 11) is 0. The van der Waals surface area contributed by atoms with Crippen LogP contribution in [0.1, 0.15) is 188 Å². The Morgan fingerprint density at radius 1 is 0.444 bits per heavy atom. The van der Waals surface area contributed by atoms with Crippen molar-refractivity contribution in [2.45, 2.75) is 194 Å². The number of rotatable bonds is 39. The molecule has 0 rings (SSSR count). The van der Waals surface area contributed by atoms with Crippen LogP contribution in [0.3, 0.4) is 0 Å². The van der Waals surface area contributed by atoms with Gasteiger partial charge in [0.05, 0.1) is 13.0 Å². The van der Waals surface area contributed by atoms with Crippen molar-refractivity contribution in [1.29, 1.82) is 0 Å². The second-order valence-corrected chi connectivity index (χ2v) is 14.2. The van der Waals surface area contributed by atoms with Gasteiger partial charge in [0.15, 0.2) is 6.10 Å². The standard InChI is InChI=1S/C49H82O5/c1-4-7-10-13-16-18-20-22-24-25-27-28-30-32-34-36-39-42-48(50)53-46-47(45-52-44-41-38-15-12-9-6-3)54-49(51)43-40-37-35-33-31-29-26-23-21-19-17-14-11-8-5-2/h8,11,16-19,22-24,26,31,33,37,40,47H,4-7,9-10,12-15,20-21,25,27-30,32,34-36,38-39,41-46H2,1-3H3/b11-8-,18-16-,19-17-,24-22-,26-23-,33-31-,40-37-. The number of hydrogen-bond donors (Lipinski definition) is 0. The number of hydrogen-bond acceptors (Lipinski definition) is 5. The molecule has 5 nitrogen and oxygen atoms in total. The number of esters is 2. The number of carbonyl (C=O) groups is 2. The molecule has 1 unspecified atom stereocenters. The van der Waals surface area contributed by atoms with Gasteiger partial charge in [-0.2, -0.15) is 0 Å². The quantitative estimate of drug-likeness (QED) is 0.0356. The highest BCUT2D eigenvalue weighted by atomic mass is 16.6. The number of carbonyl (C=O) groups excluding carboxylic acids is 2. The zero-order chi connectivity index (χ0) is 39.3. The van der Waals surface area contributed by atoms with E-state index in [9.17, 15) is 9.59 Å². The van der Waals surface area contributed by atoms with Crippen LogP contribution in [0.15, 0.2) is 85.1 Å². The summed E-state index contributed by atoms with van der Waals surface area (Å²) in [6, 6.07) is 0. The van der Waals surface area contributed by atoms with Crippen LogP contribution in [0.2, 0.25) is 0 Å². The summed E-state index contributed by atoms with van der Waals surface area (Å²) in [5, 5.41) is 0. The molecule has 0 aliphatic carbocycles. The smallest absolute Gasteiger partial charge is 0.310 e. The molecule has 0 aromatic heterocycles. The molecular weight excluding hydrogens is 669 g/mol. The molecule has 0 aliphatic heterocycles. The summed E-state index contributed by atoms with van der Waals surface area (Å²) in [4.78, 5) is 25.1. The van der Waals surface area contributed by atoms with Crippen molar-refractivity contribution in [1.82, 2.24) is 0 Å². The van der Waals surface area contributed by atoms with E-state index in [0.29, 0.717) is 13.0 Å². The first-order valence-corrected chi connectivity index (χ1v) is 22.1. The Morgan fingerprint density at radius 3 is 1.46 bits per heavy atom. The molecule has 308 valence electrons. The zero-order valence-electron chi connectivity index (χ0n) is 35.2. The average Bonchev–Trinajstić information content (AvgIpc) is 3.17. The van der Waals surface area contributed by atoms with Gasteiger partial charge in [0.25, 0.3) is 0 Å². The van der Waals surface area contributed by atoms with Crippen molar-refractivity contribution in [2.24, 2.45) is 0 Å². The largest absolute Gasteiger partial charge is 0.462 e. The topological polar surface area (TPSA) is 61.8 Å². The third kappa shape index (κ3) is 41.8. The van der Waals surface area contributed by atoms with Gasteiger partial charge in [-0.15, -0.1) is 0 Å². The summed E-state index contributed by atoms with van der Waals surface area (Å²) in [5.41, 5.74) is 0. The van der Waals surface area contributed by atoms with Gasteiger partial charge in [0, 0.05) is 13.0 Å². The minimum absolute atomic E-state index is 0.0381. The Morgan fingerprint density at radius 2 is 0.889 bits per heavy atom. The van der Waals surface area contributed by atoms with Crippen LogP contribution in [0.5, 0.6) is 0 Å². The van der Waals surface area contributed by atoms with Gasteiger partial charge in [-0.1, -0.05) is 183 Å². The molecule has 0 fully saturated rings. The third-order valence-electron chi connectivity index (χ3n) is 8.95. The molecule has 0 bridgehead atoms. The maximum Gasteiger partial charge on any atom is 0.310 e. The number of allylic oxidation sites excluding steroid dienone is 13. The van der Waals surface area contributed by atoms with Crippen LogP contribution < -0.4 is 0 Å². The Hall–Kier alpha value is -2.92. The van der Waals surface area contributed by atoms with Crippen molar-refractivity contribution < 1.29 is 23.8 Å². The zero-order valence-corrected chi connectivity index (χ0v) is 35.2. The summed E-state index contributed by atoms with van der Waals surface area (Å²) >= 11 is 0. The van der Waals surface area contributed by atoms with E-state index in [1.807, 2.05) is 12.2 Å². The van der Waals surface area contributed by atoms with E-state index in [4.69, 9.17) is 14.2 Å². The minimum atomic E-state index is -0.592. The fourth-order valence-corrected chi connectivity index (χ4v) is 5.67. The van der Waals surface area contributed by atoms with Crippen molar-refractivity contribution in [3.63, 3.8) is 0 Å². The van der Waals surface area contributed by atoms with E-state index in [-0.39, 0.29) is 31.6 Å². The predicted molar refractivity (Wildman–Crippen MR) is 233 cm³/mol. The molecule has 0 aliphatic rings. The molecule has 0 heterocycles. The first kappa shape index (κ1) is 51.1. The summed E-state index contributed by atoms with van der Waals surface area (Å²) < 4.78 is 17.1. The molecule has 0 spiro atoms. The summed E-state index contributed by atoms with van der Waals surface area (Å²) in [6.45, 7) is 7.51. The molecule has 5 heteroatoms. The Kier molecular flexibility index (Phi) is 42.1. The molecule has 0 saturated carbocycles. The number of ether oxygens (including phenoxy) is 3. The van der Waals surface area contributed by atoms with Crippen molar-refractivity contribution in [3.8, 4) is 0 Å². The first-order valence-electron chi connectivity index (χ1n) is 22.1. The van der Waals surface area contributed by atoms with Crippen molar-refractivity contribution in [2.75, 3.05) is 19.8 Å². The SMILES string of the molecule is CC/C=C\C/C=C\C/C=C\C/C=C\C/C=C\CC(=O)OC(COCCCCCCCC)COC(=O)CCCCCCCCC/C=C\C/C=C\CCCCC. The Bertz CT molecular complexity index is 1030.